The van der Waals surface area contributed by atoms with Crippen molar-refractivity contribution in [3.8, 4) is 0 Å². The van der Waals surface area contributed by atoms with E-state index in [1.54, 1.807) is 0 Å². The fourth-order valence-corrected chi connectivity index (χ4v) is 5.37. The van der Waals surface area contributed by atoms with Crippen LogP contribution in [-0.4, -0.2) is 8.80 Å². The first-order valence-corrected chi connectivity index (χ1v) is 11.3. The molecule has 0 unspecified atom stereocenters. The number of nitrogens with zero attached hydrogens (tertiary/aromatic N) is 2. The minimum Gasteiger partial charge on any atom is -0.323 e. The molecule has 0 amide bonds. The molecule has 5 aromatic rings. The second kappa shape index (κ2) is 7.82. The molecule has 0 atom stereocenters. The molecule has 0 saturated heterocycles. The number of pyridine rings is 2. The Labute approximate surface area is 173 Å². The van der Waals surface area contributed by atoms with Gasteiger partial charge in [-0.05, 0) is 47.5 Å². The van der Waals surface area contributed by atoms with Gasteiger partial charge in [-0.15, -0.1) is 23.5 Å². The van der Waals surface area contributed by atoms with Crippen LogP contribution in [0, 0.1) is 0 Å². The molecule has 4 heterocycles. The van der Waals surface area contributed by atoms with Crippen LogP contribution < -0.4 is 0 Å². The van der Waals surface area contributed by atoms with E-state index in [9.17, 15) is 0 Å². The predicted octanol–water partition coefficient (Wildman–Crippen LogP) is 6.78. The van der Waals surface area contributed by atoms with Crippen LogP contribution in [-0.2, 0) is 11.5 Å². The van der Waals surface area contributed by atoms with Crippen molar-refractivity contribution < 1.29 is 0 Å². The topological polar surface area (TPSA) is 8.82 Å². The largest absolute Gasteiger partial charge is 0.323 e. The Bertz CT molecular complexity index is 1070. The third-order valence-electron chi connectivity index (χ3n) is 4.87. The lowest BCUT2D eigenvalue weighted by atomic mass is 10.1. The number of benzene rings is 1. The predicted molar refractivity (Wildman–Crippen MR) is 120 cm³/mol. The summed E-state index contributed by atoms with van der Waals surface area (Å²) in [6.07, 6.45) is 8.63. The van der Waals surface area contributed by atoms with Gasteiger partial charge < -0.3 is 8.80 Å². The van der Waals surface area contributed by atoms with Crippen LogP contribution in [0.3, 0.4) is 0 Å². The van der Waals surface area contributed by atoms with Gasteiger partial charge in [0.2, 0.25) is 0 Å². The maximum Gasteiger partial charge on any atom is 0.0461 e. The molecule has 4 aromatic heterocycles. The number of hydrogen-bond donors (Lipinski definition) is 0. The fourth-order valence-electron chi connectivity index (χ4n) is 3.38. The average molecular weight is 401 g/mol. The molecule has 1 aromatic carbocycles. The van der Waals surface area contributed by atoms with Crippen molar-refractivity contribution in [2.75, 3.05) is 0 Å². The number of hydrogen-bond acceptors (Lipinski definition) is 2. The first-order valence-electron chi connectivity index (χ1n) is 9.31. The van der Waals surface area contributed by atoms with E-state index in [2.05, 4.69) is 106 Å². The van der Waals surface area contributed by atoms with Crippen molar-refractivity contribution in [1.29, 1.82) is 0 Å². The fraction of sp³-hybridized carbons (Fsp3) is 0.0833. The van der Waals surface area contributed by atoms with Crippen LogP contribution >= 0.6 is 23.5 Å². The highest BCUT2D eigenvalue weighted by Crippen LogP contribution is 2.30. The van der Waals surface area contributed by atoms with Crippen molar-refractivity contribution in [2.24, 2.45) is 0 Å². The molecule has 28 heavy (non-hydrogen) atoms. The Morgan fingerprint density at radius 3 is 1.50 bits per heavy atom. The molecule has 5 rings (SSSR count). The van der Waals surface area contributed by atoms with Gasteiger partial charge in [0.1, 0.15) is 0 Å². The summed E-state index contributed by atoms with van der Waals surface area (Å²) in [7, 11) is 0. The van der Waals surface area contributed by atoms with Gasteiger partial charge in [-0.1, -0.05) is 36.4 Å². The Kier molecular flexibility index (Phi) is 4.90. The summed E-state index contributed by atoms with van der Waals surface area (Å²) >= 11 is 3.81. The molecule has 0 saturated carbocycles. The van der Waals surface area contributed by atoms with E-state index >= 15 is 0 Å². The molecule has 0 aliphatic rings. The lowest BCUT2D eigenvalue weighted by molar-refractivity contribution is 1.17. The van der Waals surface area contributed by atoms with E-state index in [1.165, 1.54) is 32.0 Å². The molecule has 0 aliphatic heterocycles. The summed E-state index contributed by atoms with van der Waals surface area (Å²) in [5.41, 5.74) is 5.32. The highest BCUT2D eigenvalue weighted by atomic mass is 32.2. The van der Waals surface area contributed by atoms with Crippen LogP contribution in [0.25, 0.3) is 11.0 Å². The van der Waals surface area contributed by atoms with E-state index in [-0.39, 0.29) is 0 Å². The van der Waals surface area contributed by atoms with Gasteiger partial charge in [-0.3, -0.25) is 0 Å². The summed E-state index contributed by atoms with van der Waals surface area (Å²) in [5, 5.41) is 0. The monoisotopic (exact) mass is 400 g/mol. The molecule has 2 nitrogen and oxygen atoms in total. The molecule has 0 bridgehead atoms. The first kappa shape index (κ1) is 17.5. The maximum atomic E-state index is 2.26. The number of rotatable bonds is 6. The average Bonchev–Trinajstić information content (AvgIpc) is 3.34. The van der Waals surface area contributed by atoms with Crippen LogP contribution in [0.1, 0.15) is 11.1 Å². The van der Waals surface area contributed by atoms with Crippen molar-refractivity contribution >= 4 is 34.6 Å². The second-order valence-corrected chi connectivity index (χ2v) is 8.86. The second-order valence-electron chi connectivity index (χ2n) is 6.76. The molecule has 4 heteroatoms. The Morgan fingerprint density at radius 1 is 0.571 bits per heavy atom. The summed E-state index contributed by atoms with van der Waals surface area (Å²) < 4.78 is 4.36. The van der Waals surface area contributed by atoms with Crippen molar-refractivity contribution in [3.05, 3.63) is 109 Å². The summed E-state index contributed by atoms with van der Waals surface area (Å²) in [6.45, 7) is 0. The molecular formula is C24H20N2S2. The van der Waals surface area contributed by atoms with Crippen molar-refractivity contribution in [2.45, 2.75) is 21.3 Å². The zero-order valence-corrected chi connectivity index (χ0v) is 17.0. The highest BCUT2D eigenvalue weighted by Gasteiger charge is 2.07. The van der Waals surface area contributed by atoms with E-state index < -0.39 is 0 Å². The number of fused-ring (bicyclic) bond motifs is 2. The molecule has 0 fully saturated rings. The van der Waals surface area contributed by atoms with Gasteiger partial charge in [0.05, 0.1) is 0 Å². The van der Waals surface area contributed by atoms with E-state index in [0.29, 0.717) is 0 Å². The SMILES string of the molecule is c1ccc(CSc2cc3ccccn3c2)c(CSc2cc3ccccn3c2)c1. The van der Waals surface area contributed by atoms with Crippen LogP contribution in [0.15, 0.2) is 107 Å². The molecule has 0 spiro atoms. The van der Waals surface area contributed by atoms with E-state index in [4.69, 9.17) is 0 Å². The van der Waals surface area contributed by atoms with Gasteiger partial charge >= 0.3 is 0 Å². The summed E-state index contributed by atoms with van der Waals surface area (Å²) in [6, 6.07) is 25.9. The molecule has 0 aliphatic carbocycles. The highest BCUT2D eigenvalue weighted by molar-refractivity contribution is 7.99. The minimum atomic E-state index is 0.991. The third-order valence-corrected chi connectivity index (χ3v) is 6.89. The summed E-state index contributed by atoms with van der Waals surface area (Å²) in [4.78, 5) is 2.62. The molecule has 138 valence electrons. The van der Waals surface area contributed by atoms with Crippen LogP contribution in [0.5, 0.6) is 0 Å². The van der Waals surface area contributed by atoms with E-state index in [1.807, 2.05) is 23.5 Å². The molecule has 0 radical (unpaired) electrons. The Balaban J connectivity index is 1.29. The minimum absolute atomic E-state index is 0.991. The van der Waals surface area contributed by atoms with Crippen molar-refractivity contribution in [3.63, 3.8) is 0 Å². The van der Waals surface area contributed by atoms with Crippen molar-refractivity contribution in [1.82, 2.24) is 8.80 Å². The van der Waals surface area contributed by atoms with Gasteiger partial charge in [0.15, 0.2) is 0 Å². The lowest BCUT2D eigenvalue weighted by Crippen LogP contribution is -1.90. The quantitative estimate of drug-likeness (QED) is 0.291. The van der Waals surface area contributed by atoms with Crippen LogP contribution in [0.4, 0.5) is 0 Å². The number of thioether (sulfide) groups is 2. The standard InChI is InChI=1S/C24H20N2S2/c1-2-8-20(18-28-24-14-22-10-4-6-12-26(22)16-24)19(7-1)17-27-23-13-21-9-3-5-11-25(21)15-23/h1-16H,17-18H2. The summed E-state index contributed by atoms with van der Waals surface area (Å²) in [5.74, 6) is 1.98. The van der Waals surface area contributed by atoms with Crippen LogP contribution in [0.2, 0.25) is 0 Å². The normalized spacial score (nSPS) is 11.4. The Morgan fingerprint density at radius 2 is 1.04 bits per heavy atom. The Hall–Kier alpha value is -2.56. The first-order chi connectivity index (χ1) is 13.8. The van der Waals surface area contributed by atoms with Gasteiger partial charge in [-0.2, -0.15) is 0 Å². The lowest BCUT2D eigenvalue weighted by Gasteiger charge is -2.08. The zero-order chi connectivity index (χ0) is 18.8. The maximum absolute atomic E-state index is 2.26. The van der Waals surface area contributed by atoms with Gasteiger partial charge in [-0.25, -0.2) is 0 Å². The van der Waals surface area contributed by atoms with Gasteiger partial charge in [0, 0.05) is 57.1 Å². The zero-order valence-electron chi connectivity index (χ0n) is 15.4. The molecular weight excluding hydrogens is 380 g/mol. The molecule has 0 N–H and O–H groups in total. The smallest absolute Gasteiger partial charge is 0.0461 e. The number of aromatic nitrogens is 2. The van der Waals surface area contributed by atoms with Gasteiger partial charge in [0.25, 0.3) is 0 Å². The third kappa shape index (κ3) is 3.71. The van der Waals surface area contributed by atoms with E-state index in [0.717, 1.165) is 11.5 Å².